The summed E-state index contributed by atoms with van der Waals surface area (Å²) in [4.78, 5) is 0. The Balaban J connectivity index is 3.17. The number of aliphatic hydroxyl groups is 1. The molecule has 0 aliphatic rings. The van der Waals surface area contributed by atoms with Crippen molar-refractivity contribution in [1.29, 1.82) is 0 Å². The predicted octanol–water partition coefficient (Wildman–Crippen LogP) is 0.337. The third kappa shape index (κ3) is 1.82. The van der Waals surface area contributed by atoms with E-state index in [0.29, 0.717) is 18.1 Å². The molecule has 0 aromatic carbocycles. The highest BCUT2D eigenvalue weighted by Gasteiger charge is 2.21. The Labute approximate surface area is 83.7 Å². The molecule has 0 atom stereocenters. The van der Waals surface area contributed by atoms with Crippen LogP contribution in [0.4, 0.5) is 11.6 Å². The Bertz CT molecular complexity index is 324. The van der Waals surface area contributed by atoms with Gasteiger partial charge in [0.05, 0.1) is 5.54 Å². The number of hydrogen-bond acceptors (Lipinski definition) is 4. The molecule has 0 bridgehead atoms. The van der Waals surface area contributed by atoms with Gasteiger partial charge >= 0.3 is 0 Å². The van der Waals surface area contributed by atoms with Crippen molar-refractivity contribution in [2.45, 2.75) is 32.7 Å². The van der Waals surface area contributed by atoms with E-state index in [4.69, 9.17) is 16.6 Å². The number of aliphatic hydroxyl groups excluding tert-OH is 1. The molecule has 5 nitrogen and oxygen atoms in total. The van der Waals surface area contributed by atoms with Gasteiger partial charge in [0, 0.05) is 18.6 Å². The number of aromatic nitrogens is 2. The van der Waals surface area contributed by atoms with E-state index in [0.717, 1.165) is 5.56 Å². The van der Waals surface area contributed by atoms with Gasteiger partial charge in [-0.1, -0.05) is 0 Å². The second-order valence-corrected chi connectivity index (χ2v) is 4.31. The smallest absolute Gasteiger partial charge is 0.150 e. The molecule has 0 amide bonds. The van der Waals surface area contributed by atoms with E-state index >= 15 is 0 Å². The predicted molar refractivity (Wildman–Crippen MR) is 56.8 cm³/mol. The average molecular weight is 198 g/mol. The standard InChI is InChI=1S/C9H18N4O/c1-9(2,3)13-8(11)6(4-5-14)7(10)12-13/h14H,4-5,11H2,1-3H3,(H2,10,12). The van der Waals surface area contributed by atoms with Gasteiger partial charge in [0.15, 0.2) is 5.82 Å². The van der Waals surface area contributed by atoms with E-state index in [1.807, 2.05) is 20.8 Å². The molecule has 0 fully saturated rings. The summed E-state index contributed by atoms with van der Waals surface area (Å²) in [6.45, 7) is 6.03. The van der Waals surface area contributed by atoms with Crippen molar-refractivity contribution in [2.24, 2.45) is 0 Å². The normalized spacial score (nSPS) is 12.0. The van der Waals surface area contributed by atoms with Gasteiger partial charge in [0.1, 0.15) is 5.82 Å². The number of nitrogens with two attached hydrogens (primary N) is 2. The molecule has 1 heterocycles. The lowest BCUT2D eigenvalue weighted by Crippen LogP contribution is -2.25. The Morgan fingerprint density at radius 3 is 2.29 bits per heavy atom. The van der Waals surface area contributed by atoms with Gasteiger partial charge in [0.2, 0.25) is 0 Å². The van der Waals surface area contributed by atoms with E-state index in [1.54, 1.807) is 4.68 Å². The van der Waals surface area contributed by atoms with Crippen molar-refractivity contribution < 1.29 is 5.11 Å². The van der Waals surface area contributed by atoms with Crippen molar-refractivity contribution in [3.05, 3.63) is 5.56 Å². The van der Waals surface area contributed by atoms with E-state index < -0.39 is 0 Å². The Hall–Kier alpha value is -1.23. The summed E-state index contributed by atoms with van der Waals surface area (Å²) in [5.41, 5.74) is 12.1. The number of hydrogen-bond donors (Lipinski definition) is 3. The minimum Gasteiger partial charge on any atom is -0.396 e. The second kappa shape index (κ2) is 3.49. The van der Waals surface area contributed by atoms with Crippen LogP contribution < -0.4 is 11.5 Å². The van der Waals surface area contributed by atoms with Gasteiger partial charge < -0.3 is 16.6 Å². The molecule has 1 aromatic heterocycles. The fourth-order valence-electron chi connectivity index (χ4n) is 1.36. The third-order valence-corrected chi connectivity index (χ3v) is 2.05. The fourth-order valence-corrected chi connectivity index (χ4v) is 1.36. The van der Waals surface area contributed by atoms with Gasteiger partial charge in [-0.3, -0.25) is 0 Å². The molecule has 5 heteroatoms. The van der Waals surface area contributed by atoms with Crippen LogP contribution in [0.2, 0.25) is 0 Å². The van der Waals surface area contributed by atoms with Gasteiger partial charge in [-0.2, -0.15) is 5.10 Å². The van der Waals surface area contributed by atoms with E-state index in [2.05, 4.69) is 5.10 Å². The molecule has 0 radical (unpaired) electrons. The van der Waals surface area contributed by atoms with Crippen LogP contribution in [0.3, 0.4) is 0 Å². The quantitative estimate of drug-likeness (QED) is 0.639. The maximum Gasteiger partial charge on any atom is 0.150 e. The van der Waals surface area contributed by atoms with Crippen LogP contribution in [0.1, 0.15) is 26.3 Å². The van der Waals surface area contributed by atoms with E-state index in [9.17, 15) is 0 Å². The third-order valence-electron chi connectivity index (χ3n) is 2.05. The lowest BCUT2D eigenvalue weighted by Gasteiger charge is -2.20. The zero-order valence-electron chi connectivity index (χ0n) is 8.91. The van der Waals surface area contributed by atoms with Crippen molar-refractivity contribution in [3.8, 4) is 0 Å². The SMILES string of the molecule is CC(C)(C)n1nc(N)c(CCO)c1N. The zero-order valence-corrected chi connectivity index (χ0v) is 8.91. The van der Waals surface area contributed by atoms with Crippen LogP contribution in [-0.2, 0) is 12.0 Å². The Kier molecular flexibility index (Phi) is 2.71. The molecular formula is C9H18N4O. The summed E-state index contributed by atoms with van der Waals surface area (Å²) < 4.78 is 1.69. The highest BCUT2D eigenvalue weighted by Crippen LogP contribution is 2.25. The van der Waals surface area contributed by atoms with Crippen LogP contribution >= 0.6 is 0 Å². The summed E-state index contributed by atoms with van der Waals surface area (Å²) in [5.74, 6) is 0.954. The van der Waals surface area contributed by atoms with E-state index in [-0.39, 0.29) is 12.1 Å². The van der Waals surface area contributed by atoms with Crippen molar-refractivity contribution in [3.63, 3.8) is 0 Å². The van der Waals surface area contributed by atoms with Crippen molar-refractivity contribution in [2.75, 3.05) is 18.1 Å². The van der Waals surface area contributed by atoms with Crippen molar-refractivity contribution >= 4 is 11.6 Å². The largest absolute Gasteiger partial charge is 0.396 e. The van der Waals surface area contributed by atoms with Crippen LogP contribution in [0.25, 0.3) is 0 Å². The first-order chi connectivity index (χ1) is 6.38. The number of nitrogens with zero attached hydrogens (tertiary/aromatic N) is 2. The van der Waals surface area contributed by atoms with Crippen molar-refractivity contribution in [1.82, 2.24) is 9.78 Å². The maximum absolute atomic E-state index is 8.83. The first-order valence-electron chi connectivity index (χ1n) is 4.62. The van der Waals surface area contributed by atoms with Crippen LogP contribution in [0, 0.1) is 0 Å². The number of anilines is 2. The van der Waals surface area contributed by atoms with Gasteiger partial charge in [-0.15, -0.1) is 0 Å². The second-order valence-electron chi connectivity index (χ2n) is 4.31. The minimum atomic E-state index is -0.189. The molecule has 14 heavy (non-hydrogen) atoms. The lowest BCUT2D eigenvalue weighted by atomic mass is 10.1. The molecule has 0 saturated carbocycles. The summed E-state index contributed by atoms with van der Waals surface area (Å²) >= 11 is 0. The highest BCUT2D eigenvalue weighted by atomic mass is 16.3. The molecule has 1 aromatic rings. The fraction of sp³-hybridized carbons (Fsp3) is 0.667. The zero-order chi connectivity index (χ0) is 10.9. The molecule has 1 rings (SSSR count). The minimum absolute atomic E-state index is 0.0320. The summed E-state index contributed by atoms with van der Waals surface area (Å²) in [6, 6.07) is 0. The Morgan fingerprint density at radius 2 is 1.93 bits per heavy atom. The lowest BCUT2D eigenvalue weighted by molar-refractivity contribution is 0.299. The van der Waals surface area contributed by atoms with E-state index in [1.165, 1.54) is 0 Å². The van der Waals surface area contributed by atoms with Crippen LogP contribution in [0.15, 0.2) is 0 Å². The Morgan fingerprint density at radius 1 is 1.36 bits per heavy atom. The molecule has 0 aliphatic heterocycles. The van der Waals surface area contributed by atoms with Gasteiger partial charge in [-0.25, -0.2) is 4.68 Å². The summed E-state index contributed by atoms with van der Waals surface area (Å²) in [7, 11) is 0. The molecule has 0 aliphatic carbocycles. The topological polar surface area (TPSA) is 90.1 Å². The first-order valence-corrected chi connectivity index (χ1v) is 4.62. The summed E-state index contributed by atoms with van der Waals surface area (Å²) in [5, 5.41) is 13.0. The molecule has 80 valence electrons. The van der Waals surface area contributed by atoms with Crippen LogP contribution in [0.5, 0.6) is 0 Å². The van der Waals surface area contributed by atoms with Gasteiger partial charge in [0.25, 0.3) is 0 Å². The molecule has 0 saturated heterocycles. The average Bonchev–Trinajstić information content (AvgIpc) is 2.31. The first kappa shape index (κ1) is 10.8. The highest BCUT2D eigenvalue weighted by molar-refractivity contribution is 5.54. The molecule has 0 spiro atoms. The number of nitrogen functional groups attached to an aromatic ring is 2. The molecule has 5 N–H and O–H groups in total. The number of rotatable bonds is 2. The monoisotopic (exact) mass is 198 g/mol. The maximum atomic E-state index is 8.83. The van der Waals surface area contributed by atoms with Gasteiger partial charge in [-0.05, 0) is 20.8 Å². The van der Waals surface area contributed by atoms with Crippen LogP contribution in [-0.4, -0.2) is 21.5 Å². The molecule has 0 unspecified atom stereocenters. The molecular weight excluding hydrogens is 180 g/mol. The summed E-state index contributed by atoms with van der Waals surface area (Å²) in [6.07, 6.45) is 0.452.